The van der Waals surface area contributed by atoms with Gasteiger partial charge in [-0.25, -0.2) is 4.98 Å². The predicted octanol–water partition coefficient (Wildman–Crippen LogP) is 1.40. The lowest BCUT2D eigenvalue weighted by Crippen LogP contribution is -2.36. The maximum absolute atomic E-state index is 5.95. The zero-order chi connectivity index (χ0) is 9.60. The smallest absolute Gasteiger partial charge is 0.132 e. The molecule has 0 amide bonds. The van der Waals surface area contributed by atoms with Gasteiger partial charge in [-0.2, -0.15) is 0 Å². The summed E-state index contributed by atoms with van der Waals surface area (Å²) < 4.78 is 5.95. The summed E-state index contributed by atoms with van der Waals surface area (Å²) in [6.07, 6.45) is 3.85. The molecule has 1 saturated heterocycles. The number of fused-ring (bicyclic) bond motifs is 1. The molecule has 3 nitrogen and oxygen atoms in total. The van der Waals surface area contributed by atoms with Crippen LogP contribution in [0.15, 0.2) is 12.3 Å². The Bertz CT molecular complexity index is 374. The first-order chi connectivity index (χ1) is 6.77. The third-order valence-corrected chi connectivity index (χ3v) is 3.16. The zero-order valence-corrected chi connectivity index (χ0v) is 8.47. The molecule has 2 aliphatic heterocycles. The van der Waals surface area contributed by atoms with Crippen molar-refractivity contribution in [2.75, 3.05) is 13.1 Å². The van der Waals surface area contributed by atoms with Crippen molar-refractivity contribution in [2.24, 2.45) is 0 Å². The monoisotopic (exact) mass is 210 g/mol. The van der Waals surface area contributed by atoms with Gasteiger partial charge in [-0.1, -0.05) is 11.6 Å². The van der Waals surface area contributed by atoms with Crippen LogP contribution in [0.4, 0.5) is 0 Å². The fourth-order valence-corrected chi connectivity index (χ4v) is 2.39. The maximum atomic E-state index is 5.95. The summed E-state index contributed by atoms with van der Waals surface area (Å²) in [6, 6.07) is 1.81. The summed E-state index contributed by atoms with van der Waals surface area (Å²) in [7, 11) is 0. The summed E-state index contributed by atoms with van der Waals surface area (Å²) in [5, 5.41) is 3.83. The number of hydrogen-bond donors (Lipinski definition) is 1. The van der Waals surface area contributed by atoms with Crippen LogP contribution in [-0.2, 0) is 6.42 Å². The van der Waals surface area contributed by atoms with Crippen molar-refractivity contribution in [2.45, 2.75) is 18.4 Å². The van der Waals surface area contributed by atoms with E-state index in [0.717, 1.165) is 31.7 Å². The molecule has 0 saturated carbocycles. The maximum Gasteiger partial charge on any atom is 0.132 e. The Hall–Kier alpha value is -0.800. The number of pyridine rings is 1. The Kier molecular flexibility index (Phi) is 1.73. The second kappa shape index (κ2) is 2.84. The van der Waals surface area contributed by atoms with Gasteiger partial charge in [0.15, 0.2) is 0 Å². The van der Waals surface area contributed by atoms with E-state index < -0.39 is 0 Å². The van der Waals surface area contributed by atoms with Gasteiger partial charge in [-0.15, -0.1) is 0 Å². The van der Waals surface area contributed by atoms with Crippen LogP contribution in [0.25, 0.3) is 0 Å². The van der Waals surface area contributed by atoms with Crippen LogP contribution in [0, 0.1) is 0 Å². The molecule has 74 valence electrons. The molecule has 1 N–H and O–H groups in total. The Morgan fingerprint density at radius 2 is 2.50 bits per heavy atom. The SMILES string of the molecule is Clc1cc2c(cn1)CC1(CCNC1)O2. The van der Waals surface area contributed by atoms with E-state index in [-0.39, 0.29) is 5.60 Å². The molecule has 0 bridgehead atoms. The van der Waals surface area contributed by atoms with E-state index in [4.69, 9.17) is 16.3 Å². The lowest BCUT2D eigenvalue weighted by atomic mass is 9.97. The Morgan fingerprint density at radius 3 is 3.29 bits per heavy atom. The van der Waals surface area contributed by atoms with Gasteiger partial charge in [-0.3, -0.25) is 0 Å². The lowest BCUT2D eigenvalue weighted by Gasteiger charge is -2.21. The molecule has 0 aliphatic carbocycles. The highest BCUT2D eigenvalue weighted by atomic mass is 35.5. The van der Waals surface area contributed by atoms with Gasteiger partial charge in [0.2, 0.25) is 0 Å². The van der Waals surface area contributed by atoms with Crippen LogP contribution >= 0.6 is 11.6 Å². The number of aromatic nitrogens is 1. The Morgan fingerprint density at radius 1 is 1.57 bits per heavy atom. The summed E-state index contributed by atoms with van der Waals surface area (Å²) >= 11 is 5.81. The van der Waals surface area contributed by atoms with E-state index in [1.807, 2.05) is 12.3 Å². The van der Waals surface area contributed by atoms with Crippen molar-refractivity contribution >= 4 is 11.6 Å². The summed E-state index contributed by atoms with van der Waals surface area (Å²) in [5.41, 5.74) is 1.16. The van der Waals surface area contributed by atoms with Crippen molar-refractivity contribution in [1.82, 2.24) is 10.3 Å². The second-order valence-electron chi connectivity index (χ2n) is 4.00. The van der Waals surface area contributed by atoms with Crippen LogP contribution in [0.2, 0.25) is 5.15 Å². The highest BCUT2D eigenvalue weighted by molar-refractivity contribution is 6.29. The quantitative estimate of drug-likeness (QED) is 0.658. The Balaban J connectivity index is 1.96. The summed E-state index contributed by atoms with van der Waals surface area (Å²) in [5.74, 6) is 0.911. The van der Waals surface area contributed by atoms with Crippen LogP contribution < -0.4 is 10.1 Å². The van der Waals surface area contributed by atoms with Crippen LogP contribution in [0.3, 0.4) is 0 Å². The molecule has 4 heteroatoms. The molecule has 2 aliphatic rings. The first-order valence-electron chi connectivity index (χ1n) is 4.82. The van der Waals surface area contributed by atoms with Crippen LogP contribution in [-0.4, -0.2) is 23.7 Å². The van der Waals surface area contributed by atoms with Crippen molar-refractivity contribution in [3.05, 3.63) is 23.0 Å². The number of rotatable bonds is 0. The van der Waals surface area contributed by atoms with E-state index in [2.05, 4.69) is 10.3 Å². The summed E-state index contributed by atoms with van der Waals surface area (Å²) in [4.78, 5) is 4.07. The van der Waals surface area contributed by atoms with E-state index in [1.165, 1.54) is 5.56 Å². The number of ether oxygens (including phenoxy) is 1. The molecule has 1 aromatic rings. The first-order valence-corrected chi connectivity index (χ1v) is 5.19. The fourth-order valence-electron chi connectivity index (χ4n) is 2.24. The van der Waals surface area contributed by atoms with Gasteiger partial charge in [0.1, 0.15) is 16.5 Å². The fraction of sp³-hybridized carbons (Fsp3) is 0.500. The number of nitrogens with one attached hydrogen (secondary N) is 1. The molecule has 3 heterocycles. The minimum absolute atomic E-state index is 0.0192. The van der Waals surface area contributed by atoms with E-state index in [1.54, 1.807) is 0 Å². The molecule has 1 unspecified atom stereocenters. The molecule has 1 fully saturated rings. The van der Waals surface area contributed by atoms with E-state index >= 15 is 0 Å². The van der Waals surface area contributed by atoms with Gasteiger partial charge in [0, 0.05) is 37.2 Å². The van der Waals surface area contributed by atoms with E-state index in [0.29, 0.717) is 5.15 Å². The van der Waals surface area contributed by atoms with Crippen LogP contribution in [0.1, 0.15) is 12.0 Å². The van der Waals surface area contributed by atoms with Crippen LogP contribution in [0.5, 0.6) is 5.75 Å². The molecule has 0 aromatic carbocycles. The Labute approximate surface area is 87.4 Å². The van der Waals surface area contributed by atoms with Gasteiger partial charge in [0.05, 0.1) is 0 Å². The van der Waals surface area contributed by atoms with Gasteiger partial charge in [0.25, 0.3) is 0 Å². The largest absolute Gasteiger partial charge is 0.485 e. The first kappa shape index (κ1) is 8.50. The highest BCUT2D eigenvalue weighted by Gasteiger charge is 2.41. The second-order valence-corrected chi connectivity index (χ2v) is 4.39. The normalized spacial score (nSPS) is 29.2. The summed E-state index contributed by atoms with van der Waals surface area (Å²) in [6.45, 7) is 1.97. The standard InChI is InChI=1S/C10H11ClN2O/c11-9-3-8-7(5-13-9)4-10(14-8)1-2-12-6-10/h3,5,12H,1-2,4,6H2. The van der Waals surface area contributed by atoms with Gasteiger partial charge < -0.3 is 10.1 Å². The number of nitrogens with zero attached hydrogens (tertiary/aromatic N) is 1. The zero-order valence-electron chi connectivity index (χ0n) is 7.72. The predicted molar refractivity (Wildman–Crippen MR) is 53.8 cm³/mol. The molecule has 1 spiro atoms. The highest BCUT2D eigenvalue weighted by Crippen LogP contribution is 2.38. The average molecular weight is 211 g/mol. The van der Waals surface area contributed by atoms with E-state index in [9.17, 15) is 0 Å². The van der Waals surface area contributed by atoms with Crippen molar-refractivity contribution in [1.29, 1.82) is 0 Å². The molecule has 3 rings (SSSR count). The molecule has 1 atom stereocenters. The topological polar surface area (TPSA) is 34.2 Å². The molecular weight excluding hydrogens is 200 g/mol. The number of halogens is 1. The van der Waals surface area contributed by atoms with Gasteiger partial charge >= 0.3 is 0 Å². The molecule has 1 aromatic heterocycles. The molecular formula is C10H11ClN2O. The number of hydrogen-bond acceptors (Lipinski definition) is 3. The lowest BCUT2D eigenvalue weighted by molar-refractivity contribution is 0.118. The van der Waals surface area contributed by atoms with Crippen molar-refractivity contribution in [3.63, 3.8) is 0 Å². The molecule has 14 heavy (non-hydrogen) atoms. The minimum Gasteiger partial charge on any atom is -0.485 e. The minimum atomic E-state index is -0.0192. The van der Waals surface area contributed by atoms with Gasteiger partial charge in [-0.05, 0) is 6.54 Å². The van der Waals surface area contributed by atoms with Crippen molar-refractivity contribution in [3.8, 4) is 5.75 Å². The third-order valence-electron chi connectivity index (χ3n) is 2.95. The third kappa shape index (κ3) is 1.20. The average Bonchev–Trinajstić information content (AvgIpc) is 2.72. The van der Waals surface area contributed by atoms with Crippen molar-refractivity contribution < 1.29 is 4.74 Å². The molecule has 0 radical (unpaired) electrons.